The maximum atomic E-state index is 12.1. The monoisotopic (exact) mass is 351 g/mol. The summed E-state index contributed by atoms with van der Waals surface area (Å²) in [5.41, 5.74) is 0.937. The van der Waals surface area contributed by atoms with Gasteiger partial charge < -0.3 is 10.4 Å². The Balaban J connectivity index is 1.79. The van der Waals surface area contributed by atoms with Crippen molar-refractivity contribution >= 4 is 45.5 Å². The van der Waals surface area contributed by atoms with Crippen molar-refractivity contribution in [1.29, 1.82) is 0 Å². The van der Waals surface area contributed by atoms with Crippen LogP contribution in [-0.2, 0) is 9.59 Å². The molecule has 0 fully saturated rings. The van der Waals surface area contributed by atoms with Gasteiger partial charge in [0, 0.05) is 27.7 Å². The third-order valence-electron chi connectivity index (χ3n) is 3.67. The minimum Gasteiger partial charge on any atom is -0.507 e. The van der Waals surface area contributed by atoms with Crippen molar-refractivity contribution in [1.82, 2.24) is 0 Å². The second-order valence-corrected chi connectivity index (χ2v) is 5.82. The number of nitrogens with one attached hydrogen (secondary N) is 1. The average Bonchev–Trinajstić information content (AvgIpc) is 2.62. The molecule has 0 atom stereocenters. The molecule has 2 N–H and O–H groups in total. The lowest BCUT2D eigenvalue weighted by molar-refractivity contribution is -0.131. The topological polar surface area (TPSA) is 66.4 Å². The number of rotatable bonds is 4. The van der Waals surface area contributed by atoms with E-state index in [0.717, 1.165) is 16.8 Å². The quantitative estimate of drug-likeness (QED) is 0.410. The van der Waals surface area contributed by atoms with Crippen LogP contribution in [0.2, 0.25) is 5.02 Å². The molecule has 0 aliphatic heterocycles. The highest BCUT2D eigenvalue weighted by Gasteiger charge is 2.14. The van der Waals surface area contributed by atoms with Gasteiger partial charge in [0.25, 0.3) is 5.91 Å². The van der Waals surface area contributed by atoms with Gasteiger partial charge in [-0.3, -0.25) is 9.59 Å². The van der Waals surface area contributed by atoms with Crippen LogP contribution in [0.15, 0.2) is 72.8 Å². The third-order valence-corrected chi connectivity index (χ3v) is 3.92. The second kappa shape index (κ2) is 7.20. The molecule has 0 spiro atoms. The van der Waals surface area contributed by atoms with E-state index in [1.54, 1.807) is 36.4 Å². The first-order valence-corrected chi connectivity index (χ1v) is 7.92. The molecule has 0 saturated heterocycles. The van der Waals surface area contributed by atoms with E-state index in [1.165, 1.54) is 0 Å². The van der Waals surface area contributed by atoms with Crippen LogP contribution >= 0.6 is 11.6 Å². The van der Waals surface area contributed by atoms with E-state index in [2.05, 4.69) is 5.32 Å². The summed E-state index contributed by atoms with van der Waals surface area (Å²) < 4.78 is 0. The fraction of sp³-hybridized carbons (Fsp3) is 0. The number of ketones is 1. The molecular weight excluding hydrogens is 338 g/mol. The molecule has 0 heterocycles. The highest BCUT2D eigenvalue weighted by molar-refractivity contribution is 6.45. The molecule has 3 aromatic carbocycles. The molecule has 0 aliphatic carbocycles. The molecule has 124 valence electrons. The van der Waals surface area contributed by atoms with Crippen LogP contribution in [0.4, 0.5) is 5.69 Å². The van der Waals surface area contributed by atoms with Crippen molar-refractivity contribution in [2.75, 3.05) is 5.32 Å². The van der Waals surface area contributed by atoms with E-state index in [9.17, 15) is 14.7 Å². The molecule has 0 radical (unpaired) electrons. The molecule has 3 rings (SSSR count). The Morgan fingerprint density at radius 2 is 1.60 bits per heavy atom. The van der Waals surface area contributed by atoms with E-state index in [1.807, 2.05) is 30.3 Å². The summed E-state index contributed by atoms with van der Waals surface area (Å²) in [6.45, 7) is 0. The fourth-order valence-corrected chi connectivity index (χ4v) is 2.54. The summed E-state index contributed by atoms with van der Waals surface area (Å²) in [4.78, 5) is 24.2. The van der Waals surface area contributed by atoms with Crippen LogP contribution in [0.5, 0.6) is 0 Å². The minimum absolute atomic E-state index is 0.297. The summed E-state index contributed by atoms with van der Waals surface area (Å²) in [5.74, 6) is -1.97. The molecule has 25 heavy (non-hydrogen) atoms. The Kier molecular flexibility index (Phi) is 4.82. The lowest BCUT2D eigenvalue weighted by atomic mass is 10.1. The molecule has 1 amide bonds. The van der Waals surface area contributed by atoms with Gasteiger partial charge >= 0.3 is 0 Å². The number of carbonyl (C=O) groups is 2. The lowest BCUT2D eigenvalue weighted by Gasteiger charge is -2.07. The Morgan fingerprint density at radius 3 is 2.36 bits per heavy atom. The van der Waals surface area contributed by atoms with E-state index >= 15 is 0 Å². The van der Waals surface area contributed by atoms with Crippen molar-refractivity contribution in [3.63, 3.8) is 0 Å². The van der Waals surface area contributed by atoms with Crippen LogP contribution in [0.25, 0.3) is 16.5 Å². The van der Waals surface area contributed by atoms with Gasteiger partial charge in [-0.1, -0.05) is 48.0 Å². The molecule has 0 unspecified atom stereocenters. The number of aliphatic hydroxyl groups is 1. The zero-order valence-corrected chi connectivity index (χ0v) is 13.8. The van der Waals surface area contributed by atoms with Crippen molar-refractivity contribution in [3.05, 3.63) is 83.4 Å². The molecular formula is C20H14ClNO3. The van der Waals surface area contributed by atoms with Gasteiger partial charge in [0.2, 0.25) is 5.78 Å². The molecule has 0 aromatic heterocycles. The fourth-order valence-electron chi connectivity index (χ4n) is 2.41. The first-order valence-electron chi connectivity index (χ1n) is 7.54. The summed E-state index contributed by atoms with van der Waals surface area (Å²) in [6, 6.07) is 19.2. The van der Waals surface area contributed by atoms with Crippen molar-refractivity contribution < 1.29 is 14.7 Å². The average molecular weight is 352 g/mol. The number of amides is 1. The number of carbonyl (C=O) groups excluding carboxylic acids is 2. The minimum atomic E-state index is -0.847. The van der Waals surface area contributed by atoms with Crippen LogP contribution in [0.1, 0.15) is 5.56 Å². The van der Waals surface area contributed by atoms with Crippen molar-refractivity contribution in [3.8, 4) is 0 Å². The van der Waals surface area contributed by atoms with Crippen LogP contribution in [0.3, 0.4) is 0 Å². The van der Waals surface area contributed by atoms with Crippen molar-refractivity contribution in [2.45, 2.75) is 0 Å². The summed E-state index contributed by atoms with van der Waals surface area (Å²) in [6.07, 6.45) is 0.893. The highest BCUT2D eigenvalue weighted by Crippen LogP contribution is 2.23. The Labute approximate surface area is 149 Å². The zero-order chi connectivity index (χ0) is 17.8. The van der Waals surface area contributed by atoms with Crippen LogP contribution < -0.4 is 5.32 Å². The van der Waals surface area contributed by atoms with Gasteiger partial charge in [-0.05, 0) is 35.7 Å². The lowest BCUT2D eigenvalue weighted by Crippen LogP contribution is -2.21. The van der Waals surface area contributed by atoms with Crippen molar-refractivity contribution in [2.24, 2.45) is 0 Å². The number of anilines is 1. The Bertz CT molecular complexity index is 972. The van der Waals surface area contributed by atoms with Gasteiger partial charge in [-0.15, -0.1) is 0 Å². The molecule has 0 bridgehead atoms. The smallest absolute Gasteiger partial charge is 0.296 e. The number of fused-ring (bicyclic) bond motifs is 1. The largest absolute Gasteiger partial charge is 0.507 e. The van der Waals surface area contributed by atoms with E-state index in [4.69, 9.17) is 11.6 Å². The zero-order valence-electron chi connectivity index (χ0n) is 13.1. The van der Waals surface area contributed by atoms with Gasteiger partial charge in [0.15, 0.2) is 0 Å². The Morgan fingerprint density at radius 1 is 0.920 bits per heavy atom. The standard InChI is InChI=1S/C20H14ClNO3/c21-15-10-8-14(9-11-15)18(23)12-19(24)20(25)22-17-7-3-5-13-4-1-2-6-16(13)17/h1-12,23H,(H,22,25)/b18-12-. The molecule has 5 heteroatoms. The first kappa shape index (κ1) is 16.7. The maximum absolute atomic E-state index is 12.1. The molecule has 4 nitrogen and oxygen atoms in total. The summed E-state index contributed by atoms with van der Waals surface area (Å²) in [7, 11) is 0. The molecule has 0 saturated carbocycles. The van der Waals surface area contributed by atoms with Crippen LogP contribution in [0, 0.1) is 0 Å². The van der Waals surface area contributed by atoms with Gasteiger partial charge in [-0.2, -0.15) is 0 Å². The van der Waals surface area contributed by atoms with Gasteiger partial charge in [0.1, 0.15) is 5.76 Å². The molecule has 3 aromatic rings. The first-order chi connectivity index (χ1) is 12.0. The van der Waals surface area contributed by atoms with Gasteiger partial charge in [0.05, 0.1) is 0 Å². The molecule has 0 aliphatic rings. The third kappa shape index (κ3) is 3.87. The highest BCUT2D eigenvalue weighted by atomic mass is 35.5. The SMILES string of the molecule is O=C(/C=C(\O)c1ccc(Cl)cc1)C(=O)Nc1cccc2ccccc12. The van der Waals surface area contributed by atoms with Crippen LogP contribution in [-0.4, -0.2) is 16.8 Å². The number of hydrogen-bond acceptors (Lipinski definition) is 3. The number of benzene rings is 3. The summed E-state index contributed by atoms with van der Waals surface area (Å²) >= 11 is 5.78. The second-order valence-electron chi connectivity index (χ2n) is 5.38. The van der Waals surface area contributed by atoms with E-state index in [-0.39, 0.29) is 5.76 Å². The van der Waals surface area contributed by atoms with E-state index in [0.29, 0.717) is 16.3 Å². The normalized spacial score (nSPS) is 11.3. The number of hydrogen-bond donors (Lipinski definition) is 2. The predicted octanol–water partition coefficient (Wildman–Crippen LogP) is 4.60. The predicted molar refractivity (Wildman–Crippen MR) is 99.6 cm³/mol. The number of halogens is 1. The number of aliphatic hydroxyl groups excluding tert-OH is 1. The Hall–Kier alpha value is -3.11. The van der Waals surface area contributed by atoms with E-state index < -0.39 is 11.7 Å². The maximum Gasteiger partial charge on any atom is 0.296 e. The summed E-state index contributed by atoms with van der Waals surface area (Å²) in [5, 5.41) is 14.9. The van der Waals surface area contributed by atoms with Gasteiger partial charge in [-0.25, -0.2) is 0 Å².